The molecule has 4 rings (SSSR count). The monoisotopic (exact) mass is 572 g/mol. The minimum atomic E-state index is -4.03. The number of fused-ring (bicyclic) bond motifs is 2. The van der Waals surface area contributed by atoms with Gasteiger partial charge in [0, 0.05) is 35.5 Å². The van der Waals surface area contributed by atoms with Crippen molar-refractivity contribution >= 4 is 39.1 Å². The third kappa shape index (κ3) is 5.49. The summed E-state index contributed by atoms with van der Waals surface area (Å²) in [6.07, 6.45) is 0.590. The van der Waals surface area contributed by atoms with Crippen LogP contribution >= 0.6 is 11.6 Å². The number of nitrogens with zero attached hydrogens (tertiary/aromatic N) is 1. The van der Waals surface area contributed by atoms with Crippen molar-refractivity contribution in [2.45, 2.75) is 62.3 Å². The molecule has 2 saturated heterocycles. The number of hydrogen-bond acceptors (Lipinski definition) is 5. The van der Waals surface area contributed by atoms with Gasteiger partial charge in [-0.05, 0) is 49.3 Å². The van der Waals surface area contributed by atoms with Crippen LogP contribution in [0.3, 0.4) is 0 Å². The zero-order valence-corrected chi connectivity index (χ0v) is 22.6. The summed E-state index contributed by atoms with van der Waals surface area (Å²) < 4.78 is 73.1. The summed E-state index contributed by atoms with van der Waals surface area (Å²) in [4.78, 5) is 26.9. The smallest absolute Gasteiger partial charge is 0.410 e. The van der Waals surface area contributed by atoms with Crippen LogP contribution in [0.25, 0.3) is 0 Å². The number of rotatable bonds is 6. The van der Waals surface area contributed by atoms with Crippen LogP contribution in [0.5, 0.6) is 0 Å². The SMILES string of the molecule is CC(C)COC(=O)N1C2CC(S(=O)(=O)c3cc(C(=O)Nc4cc(F)c(F)c(F)c4)ccc3Cl)CC1[C@@H](C)C2. The normalized spacial score (nSPS) is 23.0. The van der Waals surface area contributed by atoms with E-state index >= 15 is 0 Å². The molecule has 3 unspecified atom stereocenters. The standard InChI is InChI=1S/C26H28ClF3N2O5S/c1-13(2)12-37-26(34)32-17-6-14(3)22(32)11-18(10-17)38(35,36)23-7-15(4-5-19(23)27)25(33)31-16-8-20(28)24(30)21(29)9-16/h4-5,7-9,13-14,17-18,22H,6,10-12H2,1-3H3,(H,31,33)/t14-,17?,18?,22?/m0/s1. The van der Waals surface area contributed by atoms with Crippen molar-refractivity contribution in [2.75, 3.05) is 11.9 Å². The van der Waals surface area contributed by atoms with Gasteiger partial charge in [0.05, 0.1) is 21.8 Å². The predicted octanol–water partition coefficient (Wildman–Crippen LogP) is 5.82. The van der Waals surface area contributed by atoms with E-state index in [2.05, 4.69) is 5.32 Å². The Morgan fingerprint density at radius 2 is 1.76 bits per heavy atom. The van der Waals surface area contributed by atoms with Gasteiger partial charge in [0.1, 0.15) is 0 Å². The average molecular weight is 573 g/mol. The fourth-order valence-corrected chi connectivity index (χ4v) is 7.55. The van der Waals surface area contributed by atoms with Gasteiger partial charge in [-0.3, -0.25) is 4.79 Å². The second-order valence-electron chi connectivity index (χ2n) is 10.3. The third-order valence-corrected chi connectivity index (χ3v) is 9.68. The first-order valence-electron chi connectivity index (χ1n) is 12.2. The Bertz CT molecular complexity index is 1350. The van der Waals surface area contributed by atoms with Crippen molar-refractivity contribution < 1.29 is 35.9 Å². The molecular weight excluding hydrogens is 545 g/mol. The fraction of sp³-hybridized carbons (Fsp3) is 0.462. The molecule has 7 nitrogen and oxygen atoms in total. The number of nitrogens with one attached hydrogen (secondary N) is 1. The molecule has 0 aliphatic carbocycles. The molecular formula is C26H28ClF3N2O5S. The summed E-state index contributed by atoms with van der Waals surface area (Å²) in [6, 6.07) is 4.23. The summed E-state index contributed by atoms with van der Waals surface area (Å²) in [7, 11) is -4.03. The predicted molar refractivity (Wildman–Crippen MR) is 135 cm³/mol. The van der Waals surface area contributed by atoms with Crippen molar-refractivity contribution in [2.24, 2.45) is 11.8 Å². The van der Waals surface area contributed by atoms with Gasteiger partial charge < -0.3 is 15.0 Å². The summed E-state index contributed by atoms with van der Waals surface area (Å²) in [5, 5.41) is 1.31. The highest BCUT2D eigenvalue weighted by Crippen LogP contribution is 2.44. The number of piperidine rings is 1. The van der Waals surface area contributed by atoms with E-state index in [-0.39, 0.29) is 64.5 Å². The van der Waals surface area contributed by atoms with Gasteiger partial charge in [-0.15, -0.1) is 0 Å². The molecule has 38 heavy (non-hydrogen) atoms. The molecule has 2 amide bonds. The quantitative estimate of drug-likeness (QED) is 0.441. The van der Waals surface area contributed by atoms with E-state index in [9.17, 15) is 31.2 Å². The number of ether oxygens (including phenoxy) is 1. The molecule has 2 aromatic carbocycles. The Hall–Kier alpha value is -2.79. The van der Waals surface area contributed by atoms with E-state index in [4.69, 9.17) is 16.3 Å². The highest BCUT2D eigenvalue weighted by Gasteiger charge is 2.51. The molecule has 0 spiro atoms. The minimum Gasteiger partial charge on any atom is -0.449 e. The lowest BCUT2D eigenvalue weighted by molar-refractivity contribution is 0.0599. The van der Waals surface area contributed by atoms with Crippen LogP contribution in [0, 0.1) is 29.3 Å². The van der Waals surface area contributed by atoms with Crippen molar-refractivity contribution in [1.29, 1.82) is 0 Å². The molecule has 12 heteroatoms. The lowest BCUT2D eigenvalue weighted by Gasteiger charge is -2.38. The molecule has 2 aromatic rings. The third-order valence-electron chi connectivity index (χ3n) is 7.02. The lowest BCUT2D eigenvalue weighted by atomic mass is 9.99. The zero-order chi connectivity index (χ0) is 27.9. The molecule has 2 aliphatic rings. The Morgan fingerprint density at radius 3 is 2.37 bits per heavy atom. The second-order valence-corrected chi connectivity index (χ2v) is 12.9. The molecule has 2 aliphatic heterocycles. The number of anilines is 1. The van der Waals surface area contributed by atoms with E-state index < -0.39 is 44.5 Å². The van der Waals surface area contributed by atoms with E-state index in [1.54, 1.807) is 4.90 Å². The summed E-state index contributed by atoms with van der Waals surface area (Å²) >= 11 is 6.25. The van der Waals surface area contributed by atoms with Crippen LogP contribution < -0.4 is 5.32 Å². The Balaban J connectivity index is 1.55. The van der Waals surface area contributed by atoms with Gasteiger partial charge in [-0.1, -0.05) is 32.4 Å². The maximum absolute atomic E-state index is 13.7. The van der Waals surface area contributed by atoms with Gasteiger partial charge in [-0.2, -0.15) is 0 Å². The highest BCUT2D eigenvalue weighted by molar-refractivity contribution is 7.92. The molecule has 2 bridgehead atoms. The van der Waals surface area contributed by atoms with Crippen LogP contribution in [-0.2, 0) is 14.6 Å². The fourth-order valence-electron chi connectivity index (χ4n) is 5.19. The molecule has 2 fully saturated rings. The van der Waals surface area contributed by atoms with Gasteiger partial charge in [0.25, 0.3) is 5.91 Å². The van der Waals surface area contributed by atoms with Crippen molar-refractivity contribution in [3.05, 3.63) is 58.4 Å². The molecule has 4 atom stereocenters. The Morgan fingerprint density at radius 1 is 1.11 bits per heavy atom. The van der Waals surface area contributed by atoms with Crippen molar-refractivity contribution in [3.8, 4) is 0 Å². The first-order valence-corrected chi connectivity index (χ1v) is 14.2. The maximum Gasteiger partial charge on any atom is 0.410 e. The van der Waals surface area contributed by atoms with E-state index in [0.29, 0.717) is 18.6 Å². The first-order chi connectivity index (χ1) is 17.8. The summed E-state index contributed by atoms with van der Waals surface area (Å²) in [6.45, 7) is 6.10. The van der Waals surface area contributed by atoms with Gasteiger partial charge in [0.15, 0.2) is 27.3 Å². The number of amides is 2. The molecule has 0 saturated carbocycles. The number of halogens is 4. The van der Waals surface area contributed by atoms with E-state index in [1.165, 1.54) is 12.1 Å². The molecule has 0 radical (unpaired) electrons. The molecule has 0 aromatic heterocycles. The molecule has 1 N–H and O–H groups in total. The van der Waals surface area contributed by atoms with Crippen LogP contribution in [0.15, 0.2) is 35.2 Å². The number of hydrogen-bond donors (Lipinski definition) is 1. The second kappa shape index (κ2) is 10.8. The molecule has 206 valence electrons. The zero-order valence-electron chi connectivity index (χ0n) is 21.0. The number of sulfone groups is 1. The van der Waals surface area contributed by atoms with Crippen LogP contribution in [-0.4, -0.2) is 49.3 Å². The van der Waals surface area contributed by atoms with Gasteiger partial charge in [0.2, 0.25) is 0 Å². The Kier molecular flexibility index (Phi) is 7.99. The number of carbonyl (C=O) groups is 2. The summed E-state index contributed by atoms with van der Waals surface area (Å²) in [5.41, 5.74) is -0.461. The molecule has 2 heterocycles. The van der Waals surface area contributed by atoms with Crippen LogP contribution in [0.2, 0.25) is 5.02 Å². The lowest BCUT2D eigenvalue weighted by Crippen LogP contribution is -2.50. The maximum atomic E-state index is 13.7. The van der Waals surface area contributed by atoms with Crippen LogP contribution in [0.1, 0.15) is 50.4 Å². The van der Waals surface area contributed by atoms with Gasteiger partial charge in [-0.25, -0.2) is 26.4 Å². The highest BCUT2D eigenvalue weighted by atomic mass is 35.5. The largest absolute Gasteiger partial charge is 0.449 e. The van der Waals surface area contributed by atoms with E-state index in [1.807, 2.05) is 20.8 Å². The van der Waals surface area contributed by atoms with Crippen molar-refractivity contribution in [3.63, 3.8) is 0 Å². The number of carbonyl (C=O) groups excluding carboxylic acids is 2. The van der Waals surface area contributed by atoms with Gasteiger partial charge >= 0.3 is 6.09 Å². The Labute approximate surface area is 224 Å². The topological polar surface area (TPSA) is 92.8 Å². The summed E-state index contributed by atoms with van der Waals surface area (Å²) in [5.74, 6) is -5.26. The average Bonchev–Trinajstić information content (AvgIpc) is 3.04. The van der Waals surface area contributed by atoms with E-state index in [0.717, 1.165) is 6.07 Å². The minimum absolute atomic E-state index is 0.0795. The first kappa shape index (κ1) is 28.2. The number of benzene rings is 2. The van der Waals surface area contributed by atoms with Crippen LogP contribution in [0.4, 0.5) is 23.7 Å². The van der Waals surface area contributed by atoms with Crippen molar-refractivity contribution in [1.82, 2.24) is 4.90 Å².